The largest absolute Gasteiger partial charge is 0.493 e. The Hall–Kier alpha value is -4.42. The molecule has 1 aliphatic rings. The van der Waals surface area contributed by atoms with E-state index in [0.717, 1.165) is 5.56 Å². The Morgan fingerprint density at radius 1 is 1.12 bits per heavy atom. The average molecular weight is 496 g/mol. The number of nitrogens with zero attached hydrogens (tertiary/aromatic N) is 2. The van der Waals surface area contributed by atoms with Crippen LogP contribution in [0.5, 0.6) is 17.4 Å². The van der Waals surface area contributed by atoms with E-state index in [9.17, 15) is 26.3 Å². The number of halogens is 6. The van der Waals surface area contributed by atoms with E-state index in [1.54, 1.807) is 13.2 Å². The van der Waals surface area contributed by atoms with Gasteiger partial charge in [0.15, 0.2) is 11.5 Å². The quantitative estimate of drug-likeness (QED) is 0.365. The van der Waals surface area contributed by atoms with E-state index in [4.69, 9.17) is 46.0 Å². The molecule has 2 heterocycles. The number of rotatable bonds is 1. The van der Waals surface area contributed by atoms with Gasteiger partial charge in [0.05, 0.1) is 12.8 Å². The van der Waals surface area contributed by atoms with E-state index < -0.39 is 24.3 Å². The number of nitrogen functional groups attached to an aromatic ring is 2. The zero-order chi connectivity index (χ0) is 26.4. The van der Waals surface area contributed by atoms with Gasteiger partial charge in [-0.05, 0) is 6.07 Å². The molecule has 3 rings (SSSR count). The zero-order valence-electron chi connectivity index (χ0n) is 16.8. The van der Waals surface area contributed by atoms with Gasteiger partial charge in [0, 0.05) is 17.5 Å². The molecule has 6 N–H and O–H groups in total. The molecule has 0 amide bonds. The number of methoxy groups -OCH3 is 1. The van der Waals surface area contributed by atoms with Crippen molar-refractivity contribution in [1.29, 1.82) is 5.26 Å². The van der Waals surface area contributed by atoms with Crippen LogP contribution in [0.1, 0.15) is 16.7 Å². The van der Waals surface area contributed by atoms with Crippen LogP contribution in [0.2, 0.25) is 0 Å². The summed E-state index contributed by atoms with van der Waals surface area (Å²) in [7, 11) is 1.57. The van der Waals surface area contributed by atoms with Crippen LogP contribution in [-0.4, -0.2) is 46.6 Å². The summed E-state index contributed by atoms with van der Waals surface area (Å²) in [6.45, 7) is 0. The molecule has 0 bridgehead atoms. The van der Waals surface area contributed by atoms with Gasteiger partial charge in [-0.2, -0.15) is 36.6 Å². The van der Waals surface area contributed by atoms with Gasteiger partial charge in [-0.1, -0.05) is 12.1 Å². The van der Waals surface area contributed by atoms with Gasteiger partial charge in [-0.3, -0.25) is 0 Å². The number of aliphatic carboxylic acids is 2. The third-order valence-electron chi connectivity index (χ3n) is 3.77. The summed E-state index contributed by atoms with van der Waals surface area (Å²) in [5, 5.41) is 23.3. The Labute approximate surface area is 185 Å². The summed E-state index contributed by atoms with van der Waals surface area (Å²) in [6.07, 6.45) is -9.64. The zero-order valence-corrected chi connectivity index (χ0v) is 16.8. The van der Waals surface area contributed by atoms with Crippen molar-refractivity contribution in [3.63, 3.8) is 0 Å². The molecule has 1 aromatic carbocycles. The number of aromatic nitrogens is 1. The molecule has 10 nitrogen and oxygen atoms in total. The summed E-state index contributed by atoms with van der Waals surface area (Å²) in [5.74, 6) is -3.88. The van der Waals surface area contributed by atoms with Crippen LogP contribution in [0.4, 0.5) is 37.8 Å². The summed E-state index contributed by atoms with van der Waals surface area (Å²) in [6, 6.07) is 7.57. The van der Waals surface area contributed by atoms with Crippen LogP contribution in [0.25, 0.3) is 0 Å². The highest BCUT2D eigenvalue weighted by atomic mass is 19.4. The second-order valence-corrected chi connectivity index (χ2v) is 6.01. The van der Waals surface area contributed by atoms with E-state index in [1.165, 1.54) is 0 Å². The number of fused-ring (bicyclic) bond motifs is 2. The van der Waals surface area contributed by atoms with Gasteiger partial charge in [0.1, 0.15) is 17.5 Å². The number of anilines is 2. The molecule has 0 saturated carbocycles. The molecular formula is C18H14F6N4O6. The number of alkyl halides is 6. The summed E-state index contributed by atoms with van der Waals surface area (Å²) in [4.78, 5) is 21.9. The molecular weight excluding hydrogens is 482 g/mol. The van der Waals surface area contributed by atoms with Crippen molar-refractivity contribution in [3.05, 3.63) is 34.9 Å². The average Bonchev–Trinajstić information content (AvgIpc) is 2.72. The van der Waals surface area contributed by atoms with Crippen LogP contribution < -0.4 is 20.9 Å². The minimum absolute atomic E-state index is 0.0714. The first kappa shape index (κ1) is 27.6. The summed E-state index contributed by atoms with van der Waals surface area (Å²) >= 11 is 0. The molecule has 0 radical (unpaired) electrons. The standard InChI is InChI=1S/C14H12N4O2.2C2HF3O2/c1-19-10-4-2-3-7-5-8-11(16)9(6-15)13(17)18-14(8)20-12(7)10;2*3-2(4,5)1(6)7/h2-4H,5H2,1H3,(H4,16,17,18);2*(H,6,7). The maximum atomic E-state index is 10.6. The fourth-order valence-corrected chi connectivity index (χ4v) is 2.27. The number of hydrogen-bond acceptors (Lipinski definition) is 8. The highest BCUT2D eigenvalue weighted by molar-refractivity contribution is 5.74. The molecule has 1 aromatic heterocycles. The monoisotopic (exact) mass is 496 g/mol. The van der Waals surface area contributed by atoms with Gasteiger partial charge in [-0.15, -0.1) is 0 Å². The van der Waals surface area contributed by atoms with E-state index in [2.05, 4.69) is 4.98 Å². The number of nitriles is 1. The Kier molecular flexibility index (Phi) is 8.50. The number of ether oxygens (including phenoxy) is 2. The maximum Gasteiger partial charge on any atom is 0.490 e. The van der Waals surface area contributed by atoms with Gasteiger partial charge in [0.2, 0.25) is 5.88 Å². The van der Waals surface area contributed by atoms with Crippen LogP contribution in [0.3, 0.4) is 0 Å². The third kappa shape index (κ3) is 6.79. The Balaban J connectivity index is 0.000000343. The molecule has 0 aliphatic carbocycles. The summed E-state index contributed by atoms with van der Waals surface area (Å²) in [5.41, 5.74) is 13.8. The first-order chi connectivity index (χ1) is 15.5. The van der Waals surface area contributed by atoms with Crippen LogP contribution in [0, 0.1) is 11.3 Å². The minimum Gasteiger partial charge on any atom is -0.493 e. The van der Waals surface area contributed by atoms with Crippen molar-refractivity contribution in [3.8, 4) is 23.4 Å². The third-order valence-corrected chi connectivity index (χ3v) is 3.77. The number of hydrogen-bond donors (Lipinski definition) is 4. The normalized spacial score (nSPS) is 11.6. The Morgan fingerprint density at radius 3 is 2.03 bits per heavy atom. The fourth-order valence-electron chi connectivity index (χ4n) is 2.27. The van der Waals surface area contributed by atoms with Gasteiger partial charge >= 0.3 is 24.3 Å². The van der Waals surface area contributed by atoms with Crippen molar-refractivity contribution in [2.24, 2.45) is 0 Å². The lowest BCUT2D eigenvalue weighted by molar-refractivity contribution is -0.193. The number of carboxylic acid groups (broad SMARTS) is 2. The maximum absolute atomic E-state index is 10.6. The first-order valence-corrected chi connectivity index (χ1v) is 8.46. The SMILES string of the molecule is COc1cccc2c1Oc1nc(N)c(C#N)c(N)c1C2.O=C(O)C(F)(F)F.O=C(O)C(F)(F)F. The minimum atomic E-state index is -5.08. The number of pyridine rings is 1. The van der Waals surface area contributed by atoms with Gasteiger partial charge in [0.25, 0.3) is 0 Å². The first-order valence-electron chi connectivity index (χ1n) is 8.46. The smallest absolute Gasteiger partial charge is 0.490 e. The van der Waals surface area contributed by atoms with E-state index in [1.807, 2.05) is 18.2 Å². The topological polar surface area (TPSA) is 182 Å². The van der Waals surface area contributed by atoms with Crippen LogP contribution in [-0.2, 0) is 16.0 Å². The second kappa shape index (κ2) is 10.5. The van der Waals surface area contributed by atoms with Crippen molar-refractivity contribution < 1.29 is 55.6 Å². The second-order valence-electron chi connectivity index (χ2n) is 6.01. The van der Waals surface area contributed by atoms with Crippen molar-refractivity contribution in [2.75, 3.05) is 18.6 Å². The Bertz CT molecular complexity index is 1100. The number of benzene rings is 1. The molecule has 1 aliphatic heterocycles. The molecule has 34 heavy (non-hydrogen) atoms. The predicted octanol–water partition coefficient (Wildman–Crippen LogP) is 3.09. The van der Waals surface area contributed by atoms with Crippen molar-refractivity contribution in [2.45, 2.75) is 18.8 Å². The number of carboxylic acids is 2. The van der Waals surface area contributed by atoms with Crippen molar-refractivity contribution in [1.82, 2.24) is 4.98 Å². The van der Waals surface area contributed by atoms with Gasteiger partial charge < -0.3 is 31.2 Å². The molecule has 0 atom stereocenters. The Morgan fingerprint density at radius 2 is 1.62 bits per heavy atom. The predicted molar refractivity (Wildman–Crippen MR) is 101 cm³/mol. The molecule has 0 spiro atoms. The number of carbonyl (C=O) groups is 2. The van der Waals surface area contributed by atoms with Crippen molar-refractivity contribution >= 4 is 23.4 Å². The lowest BCUT2D eigenvalue weighted by Gasteiger charge is -2.23. The van der Waals surface area contributed by atoms with Crippen LogP contribution >= 0.6 is 0 Å². The molecule has 16 heteroatoms. The fraction of sp³-hybridized carbons (Fsp3) is 0.222. The van der Waals surface area contributed by atoms with Crippen LogP contribution in [0.15, 0.2) is 18.2 Å². The molecule has 184 valence electrons. The highest BCUT2D eigenvalue weighted by Crippen LogP contribution is 2.44. The number of nitrogens with two attached hydrogens (primary N) is 2. The number of para-hydroxylation sites is 1. The van der Waals surface area contributed by atoms with E-state index in [-0.39, 0.29) is 11.4 Å². The van der Waals surface area contributed by atoms with E-state index >= 15 is 0 Å². The molecule has 2 aromatic rings. The molecule has 0 saturated heterocycles. The lowest BCUT2D eigenvalue weighted by atomic mass is 9.99. The molecule has 0 fully saturated rings. The molecule has 0 unspecified atom stereocenters. The van der Waals surface area contributed by atoms with Gasteiger partial charge in [-0.25, -0.2) is 9.59 Å². The van der Waals surface area contributed by atoms with E-state index in [0.29, 0.717) is 35.1 Å². The lowest BCUT2D eigenvalue weighted by Crippen LogP contribution is -2.21. The summed E-state index contributed by atoms with van der Waals surface area (Å²) < 4.78 is 74.5. The highest BCUT2D eigenvalue weighted by Gasteiger charge is 2.38.